The van der Waals surface area contributed by atoms with Crippen molar-refractivity contribution in [2.45, 2.75) is 83.5 Å². The lowest BCUT2D eigenvalue weighted by Gasteiger charge is -2.37. The van der Waals surface area contributed by atoms with Gasteiger partial charge in [0, 0.05) is 13.0 Å². The summed E-state index contributed by atoms with van der Waals surface area (Å²) in [4.78, 5) is 0. The van der Waals surface area contributed by atoms with E-state index in [1.807, 2.05) is 0 Å². The lowest BCUT2D eigenvalue weighted by Crippen LogP contribution is -2.54. The summed E-state index contributed by atoms with van der Waals surface area (Å²) >= 11 is 0. The van der Waals surface area contributed by atoms with Gasteiger partial charge in [0.05, 0.1) is 24.9 Å². The minimum absolute atomic E-state index is 0.00991. The predicted octanol–water partition coefficient (Wildman–Crippen LogP) is 4.06. The zero-order chi connectivity index (χ0) is 15.5. The van der Waals surface area contributed by atoms with Gasteiger partial charge in [-0.3, -0.25) is 0 Å². The van der Waals surface area contributed by atoms with Crippen molar-refractivity contribution in [1.29, 1.82) is 0 Å². The Labute approximate surface area is 131 Å². The fourth-order valence-electron chi connectivity index (χ4n) is 3.06. The number of allylic oxidation sites excluding steroid dienone is 1. The van der Waals surface area contributed by atoms with Gasteiger partial charge in [-0.05, 0) is 12.8 Å². The molecule has 1 aliphatic heterocycles. The summed E-state index contributed by atoms with van der Waals surface area (Å²) in [5, 5.41) is 0. The van der Waals surface area contributed by atoms with E-state index < -0.39 is 0 Å². The molecule has 0 spiro atoms. The van der Waals surface area contributed by atoms with Crippen molar-refractivity contribution in [3.05, 3.63) is 12.2 Å². The molecule has 0 saturated carbocycles. The Kier molecular flexibility index (Phi) is 9.98. The van der Waals surface area contributed by atoms with Gasteiger partial charge in [0.15, 0.2) is 0 Å². The Balaban J connectivity index is 2.12. The van der Waals surface area contributed by atoms with Crippen LogP contribution in [0.15, 0.2) is 12.2 Å². The maximum Gasteiger partial charge on any atom is 0.0932 e. The van der Waals surface area contributed by atoms with Crippen LogP contribution in [0.1, 0.15) is 65.2 Å². The molecule has 4 atom stereocenters. The molecule has 2 N–H and O–H groups in total. The van der Waals surface area contributed by atoms with Gasteiger partial charge in [-0.15, -0.1) is 0 Å². The Bertz CT molecular complexity index is 280. The van der Waals surface area contributed by atoms with Crippen LogP contribution in [0.4, 0.5) is 0 Å². The van der Waals surface area contributed by atoms with Gasteiger partial charge in [-0.1, -0.05) is 64.5 Å². The lowest BCUT2D eigenvalue weighted by atomic mass is 9.91. The van der Waals surface area contributed by atoms with Gasteiger partial charge in [-0.2, -0.15) is 0 Å². The van der Waals surface area contributed by atoms with Gasteiger partial charge < -0.3 is 15.2 Å². The number of nitrogens with two attached hydrogens (primary N) is 1. The van der Waals surface area contributed by atoms with Crippen LogP contribution in [0, 0.1) is 5.92 Å². The van der Waals surface area contributed by atoms with E-state index in [0.29, 0.717) is 5.92 Å². The highest BCUT2D eigenvalue weighted by Gasteiger charge is 2.34. The molecule has 1 heterocycles. The van der Waals surface area contributed by atoms with Crippen molar-refractivity contribution in [2.24, 2.45) is 11.7 Å². The fourth-order valence-corrected chi connectivity index (χ4v) is 3.06. The van der Waals surface area contributed by atoms with Gasteiger partial charge in [0.2, 0.25) is 0 Å². The van der Waals surface area contributed by atoms with Crippen molar-refractivity contribution in [2.75, 3.05) is 13.7 Å². The van der Waals surface area contributed by atoms with Crippen LogP contribution in [0.5, 0.6) is 0 Å². The molecule has 21 heavy (non-hydrogen) atoms. The van der Waals surface area contributed by atoms with Crippen molar-refractivity contribution in [3.63, 3.8) is 0 Å². The molecule has 0 amide bonds. The minimum Gasteiger partial charge on any atom is -0.379 e. The Morgan fingerprint density at radius 1 is 1.14 bits per heavy atom. The summed E-state index contributed by atoms with van der Waals surface area (Å²) in [6.07, 6.45) is 15.1. The molecule has 0 aliphatic carbocycles. The zero-order valence-corrected chi connectivity index (χ0v) is 14.2. The molecule has 0 bridgehead atoms. The van der Waals surface area contributed by atoms with Crippen LogP contribution in [-0.4, -0.2) is 32.0 Å². The second kappa shape index (κ2) is 11.2. The summed E-state index contributed by atoms with van der Waals surface area (Å²) < 4.78 is 11.3. The van der Waals surface area contributed by atoms with Crippen LogP contribution in [0.2, 0.25) is 0 Å². The number of unbranched alkanes of at least 4 members (excludes halogenated alkanes) is 7. The Hall–Kier alpha value is -0.380. The van der Waals surface area contributed by atoms with Crippen molar-refractivity contribution in [3.8, 4) is 0 Å². The van der Waals surface area contributed by atoms with E-state index in [4.69, 9.17) is 15.2 Å². The molecular formula is C18H35NO2. The van der Waals surface area contributed by atoms with Crippen LogP contribution in [-0.2, 0) is 9.47 Å². The van der Waals surface area contributed by atoms with E-state index in [-0.39, 0.29) is 18.2 Å². The molecule has 124 valence electrons. The normalized spacial score (nSPS) is 30.1. The van der Waals surface area contributed by atoms with E-state index in [2.05, 4.69) is 26.0 Å². The molecule has 1 fully saturated rings. The van der Waals surface area contributed by atoms with Crippen molar-refractivity contribution >= 4 is 0 Å². The summed E-state index contributed by atoms with van der Waals surface area (Å²) in [6, 6.07) is -0.0518. The largest absolute Gasteiger partial charge is 0.379 e. The predicted molar refractivity (Wildman–Crippen MR) is 89.4 cm³/mol. The van der Waals surface area contributed by atoms with E-state index >= 15 is 0 Å². The maximum atomic E-state index is 6.23. The number of hydrogen-bond donors (Lipinski definition) is 1. The summed E-state index contributed by atoms with van der Waals surface area (Å²) in [5.41, 5.74) is 6.23. The molecule has 0 aromatic heterocycles. The van der Waals surface area contributed by atoms with Crippen LogP contribution in [0.25, 0.3) is 0 Å². The monoisotopic (exact) mass is 297 g/mol. The van der Waals surface area contributed by atoms with Gasteiger partial charge in [0.25, 0.3) is 0 Å². The summed E-state index contributed by atoms with van der Waals surface area (Å²) in [7, 11) is 1.74. The molecule has 0 aromatic carbocycles. The van der Waals surface area contributed by atoms with Crippen LogP contribution < -0.4 is 5.73 Å². The third kappa shape index (κ3) is 6.94. The molecule has 0 unspecified atom stereocenters. The average molecular weight is 297 g/mol. The number of hydrogen-bond acceptors (Lipinski definition) is 3. The molecule has 3 nitrogen and oxygen atoms in total. The topological polar surface area (TPSA) is 44.5 Å². The maximum absolute atomic E-state index is 6.23. The van der Waals surface area contributed by atoms with E-state index in [0.717, 1.165) is 13.0 Å². The van der Waals surface area contributed by atoms with Crippen LogP contribution in [0.3, 0.4) is 0 Å². The summed E-state index contributed by atoms with van der Waals surface area (Å²) in [6.45, 7) is 5.13. The van der Waals surface area contributed by atoms with E-state index in [1.165, 1.54) is 44.9 Å². The second-order valence-corrected chi connectivity index (χ2v) is 6.39. The van der Waals surface area contributed by atoms with Gasteiger partial charge in [-0.25, -0.2) is 0 Å². The number of rotatable bonds is 10. The molecule has 1 saturated heterocycles. The first-order chi connectivity index (χ1) is 10.2. The quantitative estimate of drug-likeness (QED) is 0.488. The van der Waals surface area contributed by atoms with E-state index in [9.17, 15) is 0 Å². The molecule has 1 rings (SSSR count). The fraction of sp³-hybridized carbons (Fsp3) is 0.889. The first-order valence-corrected chi connectivity index (χ1v) is 8.77. The molecule has 0 radical (unpaired) electrons. The molecule has 1 aliphatic rings. The van der Waals surface area contributed by atoms with Crippen molar-refractivity contribution < 1.29 is 9.47 Å². The SMILES string of the molecule is CCCCCCCCCC=C[C@@H]1OC[C@H](C)[C@H](OC)[C@H]1N. The second-order valence-electron chi connectivity index (χ2n) is 6.39. The highest BCUT2D eigenvalue weighted by atomic mass is 16.5. The lowest BCUT2D eigenvalue weighted by molar-refractivity contribution is -0.0899. The molecular weight excluding hydrogens is 262 g/mol. The third-order valence-corrected chi connectivity index (χ3v) is 4.44. The van der Waals surface area contributed by atoms with Crippen LogP contribution >= 0.6 is 0 Å². The standard InChI is InChI=1S/C18H35NO2/c1-4-5-6-7-8-9-10-11-12-13-16-17(19)18(20-3)15(2)14-21-16/h12-13,15-18H,4-11,14,19H2,1-3H3/t15-,16-,17-,18-/m0/s1. The van der Waals surface area contributed by atoms with E-state index in [1.54, 1.807) is 7.11 Å². The highest BCUT2D eigenvalue weighted by Crippen LogP contribution is 2.22. The smallest absolute Gasteiger partial charge is 0.0932 e. The Morgan fingerprint density at radius 2 is 1.81 bits per heavy atom. The zero-order valence-electron chi connectivity index (χ0n) is 14.2. The van der Waals surface area contributed by atoms with Gasteiger partial charge >= 0.3 is 0 Å². The molecule has 3 heteroatoms. The first kappa shape index (κ1) is 18.7. The minimum atomic E-state index is -0.0518. The first-order valence-electron chi connectivity index (χ1n) is 8.77. The van der Waals surface area contributed by atoms with Gasteiger partial charge in [0.1, 0.15) is 0 Å². The molecule has 0 aromatic rings. The number of methoxy groups -OCH3 is 1. The Morgan fingerprint density at radius 3 is 2.48 bits per heavy atom. The highest BCUT2D eigenvalue weighted by molar-refractivity contribution is 5.01. The average Bonchev–Trinajstić information content (AvgIpc) is 2.48. The van der Waals surface area contributed by atoms with Crippen molar-refractivity contribution in [1.82, 2.24) is 0 Å². The third-order valence-electron chi connectivity index (χ3n) is 4.44. The summed E-state index contributed by atoms with van der Waals surface area (Å²) in [5.74, 6) is 0.373. The number of ether oxygens (including phenoxy) is 2.